The van der Waals surface area contributed by atoms with Gasteiger partial charge in [0.25, 0.3) is 0 Å². The van der Waals surface area contributed by atoms with Crippen molar-refractivity contribution in [3.8, 4) is 10.6 Å². The Hall–Kier alpha value is -1.19. The van der Waals surface area contributed by atoms with Gasteiger partial charge in [-0.05, 0) is 19.8 Å². The highest BCUT2D eigenvalue weighted by molar-refractivity contribution is 7.15. The molecule has 2 nitrogen and oxygen atoms in total. The van der Waals surface area contributed by atoms with Gasteiger partial charge in [0.15, 0.2) is 0 Å². The van der Waals surface area contributed by atoms with Crippen molar-refractivity contribution in [2.75, 3.05) is 0 Å². The van der Waals surface area contributed by atoms with E-state index in [-0.39, 0.29) is 6.04 Å². The molecule has 1 atom stereocenters. The zero-order valence-electron chi connectivity index (χ0n) is 11.4. The molecule has 0 aliphatic carbocycles. The second-order valence-electron chi connectivity index (χ2n) is 5.08. The first-order valence-corrected chi connectivity index (χ1v) is 7.14. The number of aryl methyl sites for hydroxylation is 1. The van der Waals surface area contributed by atoms with E-state index in [2.05, 4.69) is 45.0 Å². The molecule has 0 radical (unpaired) electrons. The average Bonchev–Trinajstić information content (AvgIpc) is 2.75. The monoisotopic (exact) mass is 260 g/mol. The van der Waals surface area contributed by atoms with E-state index in [1.165, 1.54) is 16.0 Å². The summed E-state index contributed by atoms with van der Waals surface area (Å²) in [6, 6.07) is 8.56. The molecule has 0 aliphatic heterocycles. The number of hydrogen-bond donors (Lipinski definition) is 1. The Balaban J connectivity index is 2.46. The molecule has 0 bridgehead atoms. The fraction of sp³-hybridized carbons (Fsp3) is 0.400. The van der Waals surface area contributed by atoms with Crippen molar-refractivity contribution >= 4 is 11.3 Å². The SMILES string of the molecule is Cc1ccc(-c2nc(C(C)C)c(C(C)N)s2)cc1. The summed E-state index contributed by atoms with van der Waals surface area (Å²) in [5.41, 5.74) is 9.63. The summed E-state index contributed by atoms with van der Waals surface area (Å²) in [7, 11) is 0. The molecule has 1 heterocycles. The highest BCUT2D eigenvalue weighted by Gasteiger charge is 2.17. The van der Waals surface area contributed by atoms with Gasteiger partial charge in [-0.15, -0.1) is 11.3 Å². The van der Waals surface area contributed by atoms with Crippen molar-refractivity contribution in [2.45, 2.75) is 39.7 Å². The Bertz CT molecular complexity index is 498. The largest absolute Gasteiger partial charge is 0.323 e. The molecule has 0 spiro atoms. The zero-order chi connectivity index (χ0) is 13.3. The van der Waals surface area contributed by atoms with E-state index in [4.69, 9.17) is 10.7 Å². The molecular weight excluding hydrogens is 240 g/mol. The smallest absolute Gasteiger partial charge is 0.123 e. The van der Waals surface area contributed by atoms with Gasteiger partial charge >= 0.3 is 0 Å². The van der Waals surface area contributed by atoms with Crippen LogP contribution in [0.1, 0.15) is 48.9 Å². The van der Waals surface area contributed by atoms with E-state index >= 15 is 0 Å². The van der Waals surface area contributed by atoms with Crippen LogP contribution in [-0.2, 0) is 0 Å². The Morgan fingerprint density at radius 3 is 2.17 bits per heavy atom. The Kier molecular flexibility index (Phi) is 3.83. The van der Waals surface area contributed by atoms with Crippen LogP contribution in [-0.4, -0.2) is 4.98 Å². The van der Waals surface area contributed by atoms with Crippen LogP contribution in [0.25, 0.3) is 10.6 Å². The van der Waals surface area contributed by atoms with E-state index in [9.17, 15) is 0 Å². The molecule has 1 aromatic carbocycles. The summed E-state index contributed by atoms with van der Waals surface area (Å²) in [5, 5.41) is 1.08. The maximum Gasteiger partial charge on any atom is 0.123 e. The molecule has 3 heteroatoms. The van der Waals surface area contributed by atoms with Crippen LogP contribution >= 0.6 is 11.3 Å². The lowest BCUT2D eigenvalue weighted by atomic mass is 10.1. The van der Waals surface area contributed by atoms with Gasteiger partial charge in [0.05, 0.1) is 5.69 Å². The Labute approximate surface area is 113 Å². The molecule has 1 unspecified atom stereocenters. The molecule has 2 N–H and O–H groups in total. The molecule has 96 valence electrons. The third kappa shape index (κ3) is 2.62. The lowest BCUT2D eigenvalue weighted by Gasteiger charge is -2.07. The summed E-state index contributed by atoms with van der Waals surface area (Å²) >= 11 is 1.72. The van der Waals surface area contributed by atoms with Crippen molar-refractivity contribution in [3.05, 3.63) is 40.4 Å². The van der Waals surface area contributed by atoms with E-state index in [1.807, 2.05) is 6.92 Å². The third-order valence-corrected chi connectivity index (χ3v) is 4.26. The van der Waals surface area contributed by atoms with E-state index < -0.39 is 0 Å². The van der Waals surface area contributed by atoms with Gasteiger partial charge in [-0.3, -0.25) is 0 Å². The lowest BCUT2D eigenvalue weighted by Crippen LogP contribution is -2.06. The average molecular weight is 260 g/mol. The molecular formula is C15H20N2S. The van der Waals surface area contributed by atoms with Gasteiger partial charge in [0.2, 0.25) is 0 Å². The molecule has 2 rings (SSSR count). The highest BCUT2D eigenvalue weighted by Crippen LogP contribution is 2.34. The topological polar surface area (TPSA) is 38.9 Å². The standard InChI is InChI=1S/C15H20N2S/c1-9(2)13-14(11(4)16)18-15(17-13)12-7-5-10(3)6-8-12/h5-9,11H,16H2,1-4H3. The van der Waals surface area contributed by atoms with Crippen LogP contribution in [0.3, 0.4) is 0 Å². The van der Waals surface area contributed by atoms with Gasteiger partial charge in [-0.2, -0.15) is 0 Å². The van der Waals surface area contributed by atoms with Crippen LogP contribution in [0.2, 0.25) is 0 Å². The van der Waals surface area contributed by atoms with Crippen LogP contribution in [0, 0.1) is 6.92 Å². The fourth-order valence-corrected chi connectivity index (χ4v) is 3.08. The number of benzene rings is 1. The van der Waals surface area contributed by atoms with Gasteiger partial charge in [-0.1, -0.05) is 43.7 Å². The molecule has 0 fully saturated rings. The molecule has 0 aliphatic rings. The van der Waals surface area contributed by atoms with Gasteiger partial charge in [0.1, 0.15) is 5.01 Å². The summed E-state index contributed by atoms with van der Waals surface area (Å²) in [6.45, 7) is 8.45. The van der Waals surface area contributed by atoms with E-state index in [0.717, 1.165) is 10.7 Å². The predicted molar refractivity (Wildman–Crippen MR) is 79.0 cm³/mol. The maximum atomic E-state index is 6.04. The summed E-state index contributed by atoms with van der Waals surface area (Å²) < 4.78 is 0. The van der Waals surface area contributed by atoms with Gasteiger partial charge < -0.3 is 5.73 Å². The summed E-state index contributed by atoms with van der Waals surface area (Å²) in [4.78, 5) is 5.98. The van der Waals surface area contributed by atoms with Crippen molar-refractivity contribution < 1.29 is 0 Å². The summed E-state index contributed by atoms with van der Waals surface area (Å²) in [5.74, 6) is 0.418. The first kappa shape index (κ1) is 13.2. The number of aromatic nitrogens is 1. The van der Waals surface area contributed by atoms with Crippen molar-refractivity contribution in [2.24, 2.45) is 5.73 Å². The van der Waals surface area contributed by atoms with Gasteiger partial charge in [0, 0.05) is 16.5 Å². The van der Waals surface area contributed by atoms with E-state index in [0.29, 0.717) is 5.92 Å². The van der Waals surface area contributed by atoms with Crippen molar-refractivity contribution in [3.63, 3.8) is 0 Å². The minimum absolute atomic E-state index is 0.0547. The number of nitrogens with zero attached hydrogens (tertiary/aromatic N) is 1. The number of nitrogens with two attached hydrogens (primary N) is 1. The van der Waals surface area contributed by atoms with Crippen LogP contribution in [0.15, 0.2) is 24.3 Å². The Morgan fingerprint density at radius 2 is 1.72 bits per heavy atom. The third-order valence-electron chi connectivity index (χ3n) is 2.94. The molecule has 0 saturated carbocycles. The first-order chi connectivity index (χ1) is 8.49. The molecule has 18 heavy (non-hydrogen) atoms. The van der Waals surface area contributed by atoms with Gasteiger partial charge in [-0.25, -0.2) is 4.98 Å². The van der Waals surface area contributed by atoms with Crippen molar-refractivity contribution in [1.82, 2.24) is 4.98 Å². The number of thiazole rings is 1. The molecule has 2 aromatic rings. The number of hydrogen-bond acceptors (Lipinski definition) is 3. The van der Waals surface area contributed by atoms with Crippen LogP contribution in [0.4, 0.5) is 0 Å². The second-order valence-corrected chi connectivity index (χ2v) is 6.11. The second kappa shape index (κ2) is 5.21. The van der Waals surface area contributed by atoms with Crippen LogP contribution in [0.5, 0.6) is 0 Å². The lowest BCUT2D eigenvalue weighted by molar-refractivity contribution is 0.763. The van der Waals surface area contributed by atoms with Crippen LogP contribution < -0.4 is 5.73 Å². The minimum atomic E-state index is 0.0547. The fourth-order valence-electron chi connectivity index (χ4n) is 1.90. The first-order valence-electron chi connectivity index (χ1n) is 6.32. The highest BCUT2D eigenvalue weighted by atomic mass is 32.1. The zero-order valence-corrected chi connectivity index (χ0v) is 12.2. The predicted octanol–water partition coefficient (Wildman–Crippen LogP) is 4.26. The quantitative estimate of drug-likeness (QED) is 0.895. The minimum Gasteiger partial charge on any atom is -0.323 e. The molecule has 0 saturated heterocycles. The summed E-state index contributed by atoms with van der Waals surface area (Å²) in [6.07, 6.45) is 0. The normalized spacial score (nSPS) is 13.0. The molecule has 0 amide bonds. The van der Waals surface area contributed by atoms with E-state index in [1.54, 1.807) is 11.3 Å². The number of rotatable bonds is 3. The van der Waals surface area contributed by atoms with Crippen molar-refractivity contribution in [1.29, 1.82) is 0 Å². The Morgan fingerprint density at radius 1 is 1.11 bits per heavy atom. The maximum absolute atomic E-state index is 6.04. The molecule has 1 aromatic heterocycles.